The van der Waals surface area contributed by atoms with Crippen molar-refractivity contribution >= 4 is 0 Å². The molecule has 1 aromatic rings. The van der Waals surface area contributed by atoms with Crippen molar-refractivity contribution in [3.63, 3.8) is 0 Å². The summed E-state index contributed by atoms with van der Waals surface area (Å²) < 4.78 is 2.07. The Labute approximate surface area is 104 Å². The van der Waals surface area contributed by atoms with Crippen LogP contribution in [0, 0.1) is 11.8 Å². The molecule has 3 unspecified atom stereocenters. The highest BCUT2D eigenvalue weighted by atomic mass is 15.3. The predicted molar refractivity (Wildman–Crippen MR) is 69.0 cm³/mol. The van der Waals surface area contributed by atoms with E-state index in [1.807, 2.05) is 19.6 Å². The van der Waals surface area contributed by atoms with Crippen molar-refractivity contribution in [1.82, 2.24) is 15.0 Å². The van der Waals surface area contributed by atoms with Crippen molar-refractivity contribution < 1.29 is 0 Å². The minimum absolute atomic E-state index is 0.247. The summed E-state index contributed by atoms with van der Waals surface area (Å²) in [5.74, 6) is 7.28. The van der Waals surface area contributed by atoms with E-state index in [0.29, 0.717) is 5.92 Å². The predicted octanol–water partition coefficient (Wildman–Crippen LogP) is 2.14. The number of hydrazine groups is 1. The number of hydrogen-bond donors (Lipinski definition) is 2. The van der Waals surface area contributed by atoms with E-state index in [0.717, 1.165) is 5.92 Å². The van der Waals surface area contributed by atoms with Crippen LogP contribution in [0.25, 0.3) is 0 Å². The van der Waals surface area contributed by atoms with Crippen molar-refractivity contribution in [3.8, 4) is 0 Å². The van der Waals surface area contributed by atoms with Crippen LogP contribution >= 0.6 is 0 Å². The molecule has 4 nitrogen and oxygen atoms in total. The van der Waals surface area contributed by atoms with Gasteiger partial charge in [-0.1, -0.05) is 26.2 Å². The summed E-state index contributed by atoms with van der Waals surface area (Å²) in [5.41, 5.74) is 4.20. The van der Waals surface area contributed by atoms with Crippen LogP contribution in [-0.2, 0) is 7.05 Å². The summed E-state index contributed by atoms with van der Waals surface area (Å²) in [7, 11) is 2.03. The molecule has 0 radical (unpaired) electrons. The van der Waals surface area contributed by atoms with E-state index in [9.17, 15) is 0 Å². The van der Waals surface area contributed by atoms with E-state index in [-0.39, 0.29) is 6.04 Å². The van der Waals surface area contributed by atoms with Crippen LogP contribution in [-0.4, -0.2) is 9.55 Å². The maximum absolute atomic E-state index is 5.76. The lowest BCUT2D eigenvalue weighted by molar-refractivity contribution is 0.206. The smallest absolute Gasteiger partial charge is 0.0946 e. The molecule has 0 amide bonds. The third kappa shape index (κ3) is 2.69. The van der Waals surface area contributed by atoms with Gasteiger partial charge in [-0.05, 0) is 24.7 Å². The van der Waals surface area contributed by atoms with E-state index in [2.05, 4.69) is 21.9 Å². The Morgan fingerprint density at radius 1 is 1.59 bits per heavy atom. The second-order valence-corrected chi connectivity index (χ2v) is 5.27. The van der Waals surface area contributed by atoms with E-state index < -0.39 is 0 Å². The van der Waals surface area contributed by atoms with Crippen molar-refractivity contribution in [1.29, 1.82) is 0 Å². The fourth-order valence-corrected chi connectivity index (χ4v) is 3.14. The van der Waals surface area contributed by atoms with Crippen LogP contribution in [0.1, 0.15) is 50.8 Å². The second kappa shape index (κ2) is 5.65. The Morgan fingerprint density at radius 3 is 3.00 bits per heavy atom. The zero-order chi connectivity index (χ0) is 12.3. The molecule has 4 heteroatoms. The van der Waals surface area contributed by atoms with Gasteiger partial charge < -0.3 is 4.57 Å². The highest BCUT2D eigenvalue weighted by Gasteiger charge is 2.29. The normalized spacial score (nSPS) is 27.0. The van der Waals surface area contributed by atoms with Crippen molar-refractivity contribution in [2.75, 3.05) is 0 Å². The third-order valence-electron chi connectivity index (χ3n) is 4.22. The molecule has 3 atom stereocenters. The van der Waals surface area contributed by atoms with Gasteiger partial charge in [-0.2, -0.15) is 0 Å². The number of aryl methyl sites for hydroxylation is 1. The molecule has 0 aliphatic heterocycles. The molecule has 0 aromatic carbocycles. The zero-order valence-electron chi connectivity index (χ0n) is 10.9. The lowest BCUT2D eigenvalue weighted by Gasteiger charge is -2.34. The quantitative estimate of drug-likeness (QED) is 0.622. The number of imidazole rings is 1. The number of nitrogens with two attached hydrogens (primary N) is 1. The lowest BCUT2D eigenvalue weighted by atomic mass is 9.76. The first-order valence-corrected chi connectivity index (χ1v) is 6.68. The molecule has 1 saturated carbocycles. The molecule has 0 spiro atoms. The van der Waals surface area contributed by atoms with Gasteiger partial charge in [0.1, 0.15) is 0 Å². The second-order valence-electron chi connectivity index (χ2n) is 5.27. The van der Waals surface area contributed by atoms with Gasteiger partial charge in [-0.15, -0.1) is 0 Å². The molecule has 0 saturated heterocycles. The standard InChI is InChI=1S/C13H24N4/c1-3-10-5-4-6-11(7-10)13(16-14)12-8-15-9-17(12)2/h8-11,13,16H,3-7,14H2,1-2H3. The third-order valence-corrected chi connectivity index (χ3v) is 4.22. The van der Waals surface area contributed by atoms with Gasteiger partial charge in [-0.25, -0.2) is 4.98 Å². The van der Waals surface area contributed by atoms with Gasteiger partial charge in [0.15, 0.2) is 0 Å². The van der Waals surface area contributed by atoms with Crippen molar-refractivity contribution in [2.24, 2.45) is 24.7 Å². The average Bonchev–Trinajstić information content (AvgIpc) is 2.77. The van der Waals surface area contributed by atoms with Crippen LogP contribution in [0.5, 0.6) is 0 Å². The molecule has 1 aromatic heterocycles. The Morgan fingerprint density at radius 2 is 2.41 bits per heavy atom. The number of nitrogens with zero attached hydrogens (tertiary/aromatic N) is 2. The summed E-state index contributed by atoms with van der Waals surface area (Å²) in [4.78, 5) is 4.19. The molecule has 2 rings (SSSR count). The maximum Gasteiger partial charge on any atom is 0.0946 e. The largest absolute Gasteiger partial charge is 0.336 e. The van der Waals surface area contributed by atoms with Crippen molar-refractivity contribution in [3.05, 3.63) is 18.2 Å². The fourth-order valence-electron chi connectivity index (χ4n) is 3.14. The minimum atomic E-state index is 0.247. The molecule has 96 valence electrons. The van der Waals surface area contributed by atoms with E-state index in [4.69, 9.17) is 5.84 Å². The lowest BCUT2D eigenvalue weighted by Crippen LogP contribution is -2.36. The highest BCUT2D eigenvalue weighted by molar-refractivity contribution is 5.06. The van der Waals surface area contributed by atoms with Crippen LogP contribution in [0.3, 0.4) is 0 Å². The Balaban J connectivity index is 2.10. The molecule has 0 bridgehead atoms. The maximum atomic E-state index is 5.76. The Kier molecular flexibility index (Phi) is 4.18. The zero-order valence-corrected chi connectivity index (χ0v) is 10.9. The first-order valence-electron chi connectivity index (χ1n) is 6.68. The van der Waals surface area contributed by atoms with Gasteiger partial charge in [0, 0.05) is 13.2 Å². The fraction of sp³-hybridized carbons (Fsp3) is 0.769. The van der Waals surface area contributed by atoms with Crippen LogP contribution < -0.4 is 11.3 Å². The summed E-state index contributed by atoms with van der Waals surface area (Å²) >= 11 is 0. The van der Waals surface area contributed by atoms with Gasteiger partial charge in [0.25, 0.3) is 0 Å². The molecule has 1 fully saturated rings. The summed E-state index contributed by atoms with van der Waals surface area (Å²) in [6, 6.07) is 0.247. The molecule has 1 aliphatic rings. The molecule has 1 heterocycles. The number of rotatable bonds is 4. The Bertz CT molecular complexity index is 347. The minimum Gasteiger partial charge on any atom is -0.336 e. The molecular formula is C13H24N4. The van der Waals surface area contributed by atoms with Gasteiger partial charge in [0.05, 0.1) is 18.1 Å². The Hall–Kier alpha value is -0.870. The summed E-state index contributed by atoms with van der Waals surface area (Å²) in [6.07, 6.45) is 10.3. The van der Waals surface area contributed by atoms with E-state index >= 15 is 0 Å². The SMILES string of the molecule is CCC1CCCC(C(NN)c2cncn2C)C1. The molecule has 17 heavy (non-hydrogen) atoms. The van der Waals surface area contributed by atoms with Gasteiger partial charge >= 0.3 is 0 Å². The number of aromatic nitrogens is 2. The number of nitrogens with one attached hydrogen (secondary N) is 1. The average molecular weight is 236 g/mol. The van der Waals surface area contributed by atoms with Crippen LogP contribution in [0.4, 0.5) is 0 Å². The molecular weight excluding hydrogens is 212 g/mol. The topological polar surface area (TPSA) is 55.9 Å². The van der Waals surface area contributed by atoms with Crippen molar-refractivity contribution in [2.45, 2.75) is 45.1 Å². The van der Waals surface area contributed by atoms with Gasteiger partial charge in [0.2, 0.25) is 0 Å². The monoisotopic (exact) mass is 236 g/mol. The van der Waals surface area contributed by atoms with E-state index in [1.54, 1.807) is 0 Å². The summed E-state index contributed by atoms with van der Waals surface area (Å²) in [5, 5.41) is 0. The summed E-state index contributed by atoms with van der Waals surface area (Å²) in [6.45, 7) is 2.29. The van der Waals surface area contributed by atoms with Gasteiger partial charge in [-0.3, -0.25) is 11.3 Å². The first kappa shape index (κ1) is 12.6. The van der Waals surface area contributed by atoms with Crippen LogP contribution in [0.15, 0.2) is 12.5 Å². The first-order chi connectivity index (χ1) is 8.26. The highest BCUT2D eigenvalue weighted by Crippen LogP contribution is 2.37. The molecule has 1 aliphatic carbocycles. The van der Waals surface area contributed by atoms with E-state index in [1.165, 1.54) is 37.8 Å². The van der Waals surface area contributed by atoms with Crippen LogP contribution in [0.2, 0.25) is 0 Å². The number of hydrogen-bond acceptors (Lipinski definition) is 3. The molecule has 3 N–H and O–H groups in total.